The molecule has 0 aliphatic heterocycles. The lowest BCUT2D eigenvalue weighted by Crippen LogP contribution is -2.28. The molecule has 0 fully saturated rings. The standard InChI is InChI=1S/C14H14N2O4/c1-3-16-13(17)12(14(18)19)11(8-15-16)9-4-6-10(20-2)7-5-9/h4-8H,3H2,1-2H3,(H,18,19). The van der Waals surface area contributed by atoms with Gasteiger partial charge in [-0.1, -0.05) is 12.1 Å². The Morgan fingerprint density at radius 2 is 2.00 bits per heavy atom. The lowest BCUT2D eigenvalue weighted by Gasteiger charge is -2.09. The average Bonchev–Trinajstić information content (AvgIpc) is 2.46. The first-order valence-electron chi connectivity index (χ1n) is 6.06. The fourth-order valence-corrected chi connectivity index (χ4v) is 1.91. The van der Waals surface area contributed by atoms with Gasteiger partial charge in [0.1, 0.15) is 11.3 Å². The summed E-state index contributed by atoms with van der Waals surface area (Å²) >= 11 is 0. The number of aromatic nitrogens is 2. The highest BCUT2D eigenvalue weighted by Crippen LogP contribution is 2.23. The Hall–Kier alpha value is -2.63. The number of hydrogen-bond acceptors (Lipinski definition) is 4. The highest BCUT2D eigenvalue weighted by molar-refractivity contribution is 5.95. The molecule has 2 aromatic rings. The summed E-state index contributed by atoms with van der Waals surface area (Å²) in [6.07, 6.45) is 1.40. The molecular weight excluding hydrogens is 260 g/mol. The molecule has 0 atom stereocenters. The first-order chi connectivity index (χ1) is 9.58. The SMILES string of the molecule is CCn1ncc(-c2ccc(OC)cc2)c(C(=O)O)c1=O. The zero-order chi connectivity index (χ0) is 14.7. The molecule has 1 aromatic heterocycles. The van der Waals surface area contributed by atoms with Crippen LogP contribution in [0, 0.1) is 0 Å². The minimum Gasteiger partial charge on any atom is -0.497 e. The maximum atomic E-state index is 12.1. The monoisotopic (exact) mass is 274 g/mol. The summed E-state index contributed by atoms with van der Waals surface area (Å²) in [6, 6.07) is 6.79. The number of carboxylic acid groups (broad SMARTS) is 1. The van der Waals surface area contributed by atoms with Crippen LogP contribution in [0.2, 0.25) is 0 Å². The zero-order valence-corrected chi connectivity index (χ0v) is 11.2. The minimum atomic E-state index is -1.26. The van der Waals surface area contributed by atoms with Crippen molar-refractivity contribution < 1.29 is 14.6 Å². The van der Waals surface area contributed by atoms with Crippen LogP contribution in [0.15, 0.2) is 35.3 Å². The molecule has 1 aromatic carbocycles. The van der Waals surface area contributed by atoms with Crippen molar-refractivity contribution in [1.82, 2.24) is 9.78 Å². The number of ether oxygens (including phenoxy) is 1. The highest BCUT2D eigenvalue weighted by atomic mass is 16.5. The molecule has 6 nitrogen and oxygen atoms in total. The van der Waals surface area contributed by atoms with E-state index in [1.165, 1.54) is 6.20 Å². The van der Waals surface area contributed by atoms with Crippen molar-refractivity contribution in [3.63, 3.8) is 0 Å². The van der Waals surface area contributed by atoms with Crippen molar-refractivity contribution in [3.05, 3.63) is 46.4 Å². The molecule has 0 spiro atoms. The van der Waals surface area contributed by atoms with Crippen molar-refractivity contribution >= 4 is 5.97 Å². The smallest absolute Gasteiger partial charge is 0.342 e. The third kappa shape index (κ3) is 2.40. The van der Waals surface area contributed by atoms with Crippen molar-refractivity contribution in [3.8, 4) is 16.9 Å². The van der Waals surface area contributed by atoms with E-state index in [2.05, 4.69) is 5.10 Å². The van der Waals surface area contributed by atoms with Gasteiger partial charge in [0.05, 0.1) is 13.3 Å². The number of nitrogens with zero attached hydrogens (tertiary/aromatic N) is 2. The van der Waals surface area contributed by atoms with Crippen LogP contribution in [0.4, 0.5) is 0 Å². The second-order valence-corrected chi connectivity index (χ2v) is 4.09. The van der Waals surface area contributed by atoms with Gasteiger partial charge in [-0.3, -0.25) is 4.79 Å². The quantitative estimate of drug-likeness (QED) is 0.916. The van der Waals surface area contributed by atoms with Crippen LogP contribution in [0.1, 0.15) is 17.3 Å². The van der Waals surface area contributed by atoms with Crippen molar-refractivity contribution in [2.24, 2.45) is 0 Å². The third-order valence-electron chi connectivity index (χ3n) is 2.96. The summed E-state index contributed by atoms with van der Waals surface area (Å²) in [4.78, 5) is 23.4. The van der Waals surface area contributed by atoms with Gasteiger partial charge in [-0.2, -0.15) is 5.10 Å². The van der Waals surface area contributed by atoms with Crippen LogP contribution in [-0.4, -0.2) is 28.0 Å². The molecule has 2 rings (SSSR count). The molecule has 0 bridgehead atoms. The first-order valence-corrected chi connectivity index (χ1v) is 6.06. The summed E-state index contributed by atoms with van der Waals surface area (Å²) in [5, 5.41) is 13.2. The van der Waals surface area contributed by atoms with Crippen LogP contribution >= 0.6 is 0 Å². The molecule has 0 saturated carbocycles. The van der Waals surface area contributed by atoms with Gasteiger partial charge in [-0.05, 0) is 24.6 Å². The Morgan fingerprint density at radius 3 is 2.50 bits per heavy atom. The van der Waals surface area contributed by atoms with Gasteiger partial charge in [-0.15, -0.1) is 0 Å². The van der Waals surface area contributed by atoms with E-state index < -0.39 is 11.5 Å². The topological polar surface area (TPSA) is 81.4 Å². The number of methoxy groups -OCH3 is 1. The Bertz CT molecular complexity index is 689. The first kappa shape index (κ1) is 13.8. The summed E-state index contributed by atoms with van der Waals surface area (Å²) in [7, 11) is 1.54. The normalized spacial score (nSPS) is 10.3. The Balaban J connectivity index is 2.64. The van der Waals surface area contributed by atoms with E-state index in [0.29, 0.717) is 23.4 Å². The highest BCUT2D eigenvalue weighted by Gasteiger charge is 2.18. The lowest BCUT2D eigenvalue weighted by molar-refractivity contribution is 0.0694. The van der Waals surface area contributed by atoms with Gasteiger partial charge >= 0.3 is 5.97 Å². The van der Waals surface area contributed by atoms with Crippen LogP contribution in [-0.2, 0) is 6.54 Å². The molecule has 0 saturated heterocycles. The van der Waals surface area contributed by atoms with E-state index in [1.807, 2.05) is 0 Å². The van der Waals surface area contributed by atoms with Crippen LogP contribution in [0.3, 0.4) is 0 Å². The van der Waals surface area contributed by atoms with Crippen molar-refractivity contribution in [1.29, 1.82) is 0 Å². The summed E-state index contributed by atoms with van der Waals surface area (Å²) in [6.45, 7) is 2.05. The number of carboxylic acids is 1. The number of rotatable bonds is 4. The number of hydrogen-bond donors (Lipinski definition) is 1. The van der Waals surface area contributed by atoms with Gasteiger partial charge in [0, 0.05) is 12.1 Å². The molecule has 0 aliphatic carbocycles. The number of aromatic carboxylic acids is 1. The molecule has 1 N–H and O–H groups in total. The van der Waals surface area contributed by atoms with E-state index >= 15 is 0 Å². The maximum absolute atomic E-state index is 12.1. The number of benzene rings is 1. The van der Waals surface area contributed by atoms with Gasteiger partial charge in [0.15, 0.2) is 0 Å². The lowest BCUT2D eigenvalue weighted by atomic mass is 10.0. The van der Waals surface area contributed by atoms with E-state index in [1.54, 1.807) is 38.3 Å². The second kappa shape index (κ2) is 5.56. The van der Waals surface area contributed by atoms with Gasteiger partial charge in [-0.25, -0.2) is 9.48 Å². The van der Waals surface area contributed by atoms with E-state index in [4.69, 9.17) is 4.74 Å². The molecule has 0 radical (unpaired) electrons. The second-order valence-electron chi connectivity index (χ2n) is 4.09. The Kier molecular flexibility index (Phi) is 3.84. The Labute approximate surface area is 115 Å². The van der Waals surface area contributed by atoms with Gasteiger partial charge in [0.25, 0.3) is 5.56 Å². The largest absolute Gasteiger partial charge is 0.497 e. The fraction of sp³-hybridized carbons (Fsp3) is 0.214. The molecule has 0 aliphatic rings. The average molecular weight is 274 g/mol. The fourth-order valence-electron chi connectivity index (χ4n) is 1.91. The molecule has 0 unspecified atom stereocenters. The minimum absolute atomic E-state index is 0.271. The third-order valence-corrected chi connectivity index (χ3v) is 2.96. The summed E-state index contributed by atoms with van der Waals surface area (Å²) < 4.78 is 6.17. The van der Waals surface area contributed by atoms with Crippen LogP contribution in [0.25, 0.3) is 11.1 Å². The number of aryl methyl sites for hydroxylation is 1. The van der Waals surface area contributed by atoms with Gasteiger partial charge in [0.2, 0.25) is 0 Å². The molecule has 1 heterocycles. The van der Waals surface area contributed by atoms with Crippen molar-refractivity contribution in [2.75, 3.05) is 7.11 Å². The van der Waals surface area contributed by atoms with Crippen LogP contribution < -0.4 is 10.3 Å². The predicted molar refractivity (Wildman–Crippen MR) is 73.1 cm³/mol. The Morgan fingerprint density at radius 1 is 1.35 bits per heavy atom. The summed E-state index contributed by atoms with van der Waals surface area (Å²) in [5.74, 6) is -0.606. The molecule has 6 heteroatoms. The van der Waals surface area contributed by atoms with Crippen molar-refractivity contribution in [2.45, 2.75) is 13.5 Å². The van der Waals surface area contributed by atoms with E-state index in [0.717, 1.165) is 4.68 Å². The molecule has 0 amide bonds. The molecular formula is C14H14N2O4. The van der Waals surface area contributed by atoms with Crippen LogP contribution in [0.5, 0.6) is 5.75 Å². The number of carbonyl (C=O) groups is 1. The zero-order valence-electron chi connectivity index (χ0n) is 11.2. The maximum Gasteiger partial charge on any atom is 0.342 e. The predicted octanol–water partition coefficient (Wildman–Crippen LogP) is 1.64. The van der Waals surface area contributed by atoms with E-state index in [-0.39, 0.29) is 5.56 Å². The summed E-state index contributed by atoms with van der Waals surface area (Å²) in [5.41, 5.74) is 0.0336. The van der Waals surface area contributed by atoms with E-state index in [9.17, 15) is 14.7 Å². The molecule has 20 heavy (non-hydrogen) atoms. The van der Waals surface area contributed by atoms with Gasteiger partial charge < -0.3 is 9.84 Å². The molecule has 104 valence electrons.